The van der Waals surface area contributed by atoms with Crippen LogP contribution in [0.3, 0.4) is 0 Å². The topological polar surface area (TPSA) is 12.0 Å². The van der Waals surface area contributed by atoms with E-state index in [4.69, 9.17) is 11.6 Å². The molecular weight excluding hydrogens is 325 g/mol. The third kappa shape index (κ3) is 4.44. The minimum absolute atomic E-state index is 0.0509. The maximum absolute atomic E-state index is 12.5. The quantitative estimate of drug-likeness (QED) is 0.800. The fraction of sp³-hybridized carbons (Fsp3) is 0.400. The first kappa shape index (κ1) is 14.7. The van der Waals surface area contributed by atoms with Gasteiger partial charge in [-0.25, -0.2) is 8.78 Å². The Morgan fingerprint density at radius 1 is 1.35 bits per heavy atom. The summed E-state index contributed by atoms with van der Waals surface area (Å²) < 4.78 is 49.5. The summed E-state index contributed by atoms with van der Waals surface area (Å²) in [6.45, 7) is -1.02. The third-order valence-electron chi connectivity index (χ3n) is 1.99. The number of rotatable bonds is 5. The fourth-order valence-corrected chi connectivity index (χ4v) is 1.55. The highest BCUT2D eigenvalue weighted by molar-refractivity contribution is 9.10. The molecule has 0 heterocycles. The van der Waals surface area contributed by atoms with Gasteiger partial charge in [0, 0.05) is 11.0 Å². The zero-order chi connectivity index (χ0) is 13.1. The van der Waals surface area contributed by atoms with Crippen molar-refractivity contribution in [1.82, 2.24) is 5.32 Å². The average molecular weight is 335 g/mol. The van der Waals surface area contributed by atoms with Gasteiger partial charge in [-0.3, -0.25) is 0 Å². The fourth-order valence-electron chi connectivity index (χ4n) is 1.10. The molecule has 1 rings (SSSR count). The zero-order valence-corrected chi connectivity index (χ0v) is 10.8. The Morgan fingerprint density at radius 3 is 2.53 bits per heavy atom. The average Bonchev–Trinajstić information content (AvgIpc) is 2.23. The molecule has 1 aromatic carbocycles. The molecule has 0 unspecified atom stereocenters. The molecule has 1 nitrogen and oxygen atoms in total. The summed E-state index contributed by atoms with van der Waals surface area (Å²) in [5.41, 5.74) is 0.642. The monoisotopic (exact) mass is 333 g/mol. The molecule has 0 aliphatic rings. The van der Waals surface area contributed by atoms with Crippen molar-refractivity contribution >= 4 is 27.5 Å². The van der Waals surface area contributed by atoms with Gasteiger partial charge < -0.3 is 5.32 Å². The van der Waals surface area contributed by atoms with Gasteiger partial charge in [-0.15, -0.1) is 0 Å². The molecule has 0 fully saturated rings. The van der Waals surface area contributed by atoms with Crippen LogP contribution in [0.1, 0.15) is 5.56 Å². The normalized spacial score (nSPS) is 12.2. The first-order valence-electron chi connectivity index (χ1n) is 4.63. The summed E-state index contributed by atoms with van der Waals surface area (Å²) in [6.07, 6.45) is -3.66. The van der Waals surface area contributed by atoms with Crippen LogP contribution in [-0.4, -0.2) is 18.9 Å². The number of halogens is 6. The Kier molecular flexibility index (Phi) is 5.22. The first-order valence-corrected chi connectivity index (χ1v) is 5.80. The van der Waals surface area contributed by atoms with E-state index >= 15 is 0 Å². The second-order valence-corrected chi connectivity index (χ2v) is 4.68. The van der Waals surface area contributed by atoms with E-state index in [1.807, 2.05) is 0 Å². The summed E-state index contributed by atoms with van der Waals surface area (Å²) in [5.74, 6) is -4.01. The van der Waals surface area contributed by atoms with Crippen LogP contribution in [0.2, 0.25) is 5.02 Å². The lowest BCUT2D eigenvalue weighted by Crippen LogP contribution is -2.38. The molecule has 17 heavy (non-hydrogen) atoms. The highest BCUT2D eigenvalue weighted by Crippen LogP contribution is 2.24. The van der Waals surface area contributed by atoms with Crippen molar-refractivity contribution in [3.05, 3.63) is 33.3 Å². The van der Waals surface area contributed by atoms with Gasteiger partial charge in [0.2, 0.25) is 0 Å². The van der Waals surface area contributed by atoms with Gasteiger partial charge in [0.1, 0.15) is 0 Å². The Balaban J connectivity index is 2.49. The maximum Gasteiger partial charge on any atom is 0.319 e. The molecule has 0 radical (unpaired) electrons. The summed E-state index contributed by atoms with van der Waals surface area (Å²) >= 11 is 8.97. The van der Waals surface area contributed by atoms with Gasteiger partial charge >= 0.3 is 12.3 Å². The van der Waals surface area contributed by atoms with E-state index in [2.05, 4.69) is 21.2 Å². The molecule has 0 atom stereocenters. The van der Waals surface area contributed by atoms with Crippen molar-refractivity contribution in [3.63, 3.8) is 0 Å². The lowest BCUT2D eigenvalue weighted by Gasteiger charge is -2.15. The van der Waals surface area contributed by atoms with E-state index in [0.717, 1.165) is 0 Å². The van der Waals surface area contributed by atoms with Crippen molar-refractivity contribution in [2.45, 2.75) is 18.9 Å². The summed E-state index contributed by atoms with van der Waals surface area (Å²) in [6, 6.07) is 4.88. The Bertz CT molecular complexity index is 387. The van der Waals surface area contributed by atoms with E-state index in [0.29, 0.717) is 15.1 Å². The molecule has 1 aromatic rings. The SMILES string of the molecule is FC(F)C(F)(F)CNCc1ccc(Br)c(Cl)c1. The number of hydrogen-bond acceptors (Lipinski definition) is 1. The molecule has 0 aliphatic carbocycles. The van der Waals surface area contributed by atoms with Gasteiger partial charge in [0.25, 0.3) is 0 Å². The number of nitrogens with one attached hydrogen (secondary N) is 1. The van der Waals surface area contributed by atoms with Crippen molar-refractivity contribution in [1.29, 1.82) is 0 Å². The predicted octanol–water partition coefficient (Wildman–Crippen LogP) is 4.09. The maximum atomic E-state index is 12.5. The number of alkyl halides is 4. The third-order valence-corrected chi connectivity index (χ3v) is 3.23. The molecule has 0 aromatic heterocycles. The van der Waals surface area contributed by atoms with Crippen LogP contribution in [0.25, 0.3) is 0 Å². The highest BCUT2D eigenvalue weighted by atomic mass is 79.9. The minimum Gasteiger partial charge on any atom is -0.307 e. The van der Waals surface area contributed by atoms with Gasteiger partial charge in [-0.05, 0) is 33.6 Å². The van der Waals surface area contributed by atoms with Crippen LogP contribution >= 0.6 is 27.5 Å². The van der Waals surface area contributed by atoms with Crippen molar-refractivity contribution in [2.24, 2.45) is 0 Å². The number of hydrogen-bond donors (Lipinski definition) is 1. The highest BCUT2D eigenvalue weighted by Gasteiger charge is 2.39. The molecular formula is C10H9BrClF4N. The van der Waals surface area contributed by atoms with E-state index in [-0.39, 0.29) is 6.54 Å². The van der Waals surface area contributed by atoms with Crippen LogP contribution in [-0.2, 0) is 6.54 Å². The molecule has 0 saturated heterocycles. The lowest BCUT2D eigenvalue weighted by molar-refractivity contribution is -0.125. The molecule has 0 bridgehead atoms. The van der Waals surface area contributed by atoms with E-state index in [1.54, 1.807) is 18.2 Å². The van der Waals surface area contributed by atoms with Gasteiger partial charge in [-0.1, -0.05) is 17.7 Å². The van der Waals surface area contributed by atoms with Crippen molar-refractivity contribution in [3.8, 4) is 0 Å². The van der Waals surface area contributed by atoms with Crippen LogP contribution in [0, 0.1) is 0 Å². The minimum atomic E-state index is -4.01. The predicted molar refractivity (Wildman–Crippen MR) is 61.8 cm³/mol. The van der Waals surface area contributed by atoms with Crippen LogP contribution < -0.4 is 5.32 Å². The summed E-state index contributed by atoms with van der Waals surface area (Å²) in [4.78, 5) is 0. The van der Waals surface area contributed by atoms with Crippen LogP contribution in [0.4, 0.5) is 17.6 Å². The lowest BCUT2D eigenvalue weighted by atomic mass is 10.2. The first-order chi connectivity index (χ1) is 7.83. The summed E-state index contributed by atoms with van der Waals surface area (Å²) in [5, 5.41) is 2.70. The second-order valence-electron chi connectivity index (χ2n) is 3.41. The smallest absolute Gasteiger partial charge is 0.307 e. The zero-order valence-electron chi connectivity index (χ0n) is 8.49. The Morgan fingerprint density at radius 2 is 2.00 bits per heavy atom. The molecule has 1 N–H and O–H groups in total. The standard InChI is InChI=1S/C10H9BrClF4N/c11-7-2-1-6(3-8(7)12)4-17-5-10(15,16)9(13)14/h1-3,9,17H,4-5H2. The van der Waals surface area contributed by atoms with Crippen LogP contribution in [0.5, 0.6) is 0 Å². The summed E-state index contributed by atoms with van der Waals surface area (Å²) in [7, 11) is 0. The van der Waals surface area contributed by atoms with Gasteiger partial charge in [0.05, 0.1) is 11.6 Å². The molecule has 0 aliphatic heterocycles. The Labute approximate surface area is 109 Å². The van der Waals surface area contributed by atoms with E-state index in [9.17, 15) is 17.6 Å². The van der Waals surface area contributed by atoms with Gasteiger partial charge in [0.15, 0.2) is 0 Å². The Hall–Kier alpha value is -0.330. The number of benzene rings is 1. The van der Waals surface area contributed by atoms with Crippen molar-refractivity contribution in [2.75, 3.05) is 6.54 Å². The van der Waals surface area contributed by atoms with E-state index in [1.165, 1.54) is 0 Å². The largest absolute Gasteiger partial charge is 0.319 e. The van der Waals surface area contributed by atoms with Crippen LogP contribution in [0.15, 0.2) is 22.7 Å². The molecule has 96 valence electrons. The van der Waals surface area contributed by atoms with E-state index < -0.39 is 18.9 Å². The molecule has 0 spiro atoms. The molecule has 7 heteroatoms. The second kappa shape index (κ2) is 6.02. The van der Waals surface area contributed by atoms with Crippen molar-refractivity contribution < 1.29 is 17.6 Å². The molecule has 0 saturated carbocycles. The molecule has 0 amide bonds. The van der Waals surface area contributed by atoms with Gasteiger partial charge in [-0.2, -0.15) is 8.78 Å².